The Morgan fingerprint density at radius 2 is 2.14 bits per heavy atom. The summed E-state index contributed by atoms with van der Waals surface area (Å²) in [5.74, 6) is -0.745. The summed E-state index contributed by atoms with van der Waals surface area (Å²) in [6, 6.07) is 7.58. The van der Waals surface area contributed by atoms with E-state index in [0.29, 0.717) is 22.9 Å². The summed E-state index contributed by atoms with van der Waals surface area (Å²) >= 11 is 6.07. The molecule has 0 saturated heterocycles. The Hall–Kier alpha value is -3.17. The van der Waals surface area contributed by atoms with Gasteiger partial charge in [-0.15, -0.1) is 0 Å². The number of nitro benzene ring substituents is 1. The molecule has 1 amide bonds. The van der Waals surface area contributed by atoms with Crippen LogP contribution in [0.1, 0.15) is 28.4 Å². The molecule has 2 aromatic carbocycles. The second kappa shape index (κ2) is 8.89. The molecule has 0 fully saturated rings. The van der Waals surface area contributed by atoms with E-state index in [2.05, 4.69) is 5.32 Å². The first-order chi connectivity index (χ1) is 13.8. The largest absolute Gasteiger partial charge is 0.467 e. The van der Waals surface area contributed by atoms with E-state index in [1.807, 2.05) is 0 Å². The van der Waals surface area contributed by atoms with Gasteiger partial charge in [0.15, 0.2) is 6.79 Å². The van der Waals surface area contributed by atoms with E-state index in [1.165, 1.54) is 25.1 Å². The average molecular weight is 421 g/mol. The van der Waals surface area contributed by atoms with Crippen LogP contribution in [0.15, 0.2) is 36.4 Å². The Morgan fingerprint density at radius 1 is 1.34 bits per heavy atom. The molecule has 29 heavy (non-hydrogen) atoms. The van der Waals surface area contributed by atoms with E-state index in [-0.39, 0.29) is 24.7 Å². The lowest BCUT2D eigenvalue weighted by Crippen LogP contribution is -2.39. The van der Waals surface area contributed by atoms with Gasteiger partial charge in [0.2, 0.25) is 0 Å². The molecule has 10 heteroatoms. The number of non-ortho nitro benzene ring substituents is 1. The van der Waals surface area contributed by atoms with Gasteiger partial charge in [-0.2, -0.15) is 0 Å². The van der Waals surface area contributed by atoms with E-state index in [0.717, 1.165) is 11.6 Å². The maximum atomic E-state index is 12.3. The predicted molar refractivity (Wildman–Crippen MR) is 102 cm³/mol. The minimum absolute atomic E-state index is 0.0659. The highest BCUT2D eigenvalue weighted by Gasteiger charge is 2.22. The second-order valence-electron chi connectivity index (χ2n) is 6.27. The Kier molecular flexibility index (Phi) is 6.30. The molecule has 1 aliphatic rings. The van der Waals surface area contributed by atoms with Crippen LogP contribution in [0.4, 0.5) is 5.69 Å². The summed E-state index contributed by atoms with van der Waals surface area (Å²) in [5, 5.41) is 13.7. The van der Waals surface area contributed by atoms with Crippen LogP contribution in [-0.4, -0.2) is 29.6 Å². The number of fused-ring (bicyclic) bond motifs is 1. The van der Waals surface area contributed by atoms with Crippen molar-refractivity contribution in [3.63, 3.8) is 0 Å². The number of amides is 1. The topological polar surface area (TPSA) is 117 Å². The standard InChI is InChI=1S/C19H17ClN2O7/c1-11(21-18(23)12-3-2-4-16(7-12)22(25)26)19(24)28-9-14-6-15(20)5-13-8-27-10-29-17(13)14/h2-7,11H,8-10H2,1H3,(H,21,23)/t11-/m0/s1. The molecular weight excluding hydrogens is 404 g/mol. The van der Waals surface area contributed by atoms with Crippen molar-refractivity contribution in [1.29, 1.82) is 0 Å². The number of nitrogens with zero attached hydrogens (tertiary/aromatic N) is 1. The first-order valence-electron chi connectivity index (χ1n) is 8.59. The van der Waals surface area contributed by atoms with Crippen LogP contribution in [0.5, 0.6) is 5.75 Å². The van der Waals surface area contributed by atoms with Gasteiger partial charge in [0.05, 0.1) is 11.5 Å². The third-order valence-corrected chi connectivity index (χ3v) is 4.36. The molecule has 2 aromatic rings. The number of benzene rings is 2. The van der Waals surface area contributed by atoms with Crippen molar-refractivity contribution in [3.05, 3.63) is 68.2 Å². The van der Waals surface area contributed by atoms with Crippen LogP contribution in [0.25, 0.3) is 0 Å². The zero-order valence-corrected chi connectivity index (χ0v) is 16.1. The highest BCUT2D eigenvalue weighted by Crippen LogP contribution is 2.32. The average Bonchev–Trinajstić information content (AvgIpc) is 2.71. The SMILES string of the molecule is C[C@H](NC(=O)c1cccc([N+](=O)[O-])c1)C(=O)OCc1cc(Cl)cc2c1OCOC2. The predicted octanol–water partition coefficient (Wildman–Crippen LogP) is 2.98. The first-order valence-corrected chi connectivity index (χ1v) is 8.96. The first kappa shape index (κ1) is 20.6. The smallest absolute Gasteiger partial charge is 0.328 e. The van der Waals surface area contributed by atoms with Crippen molar-refractivity contribution >= 4 is 29.2 Å². The molecule has 0 radical (unpaired) electrons. The molecule has 0 unspecified atom stereocenters. The molecular formula is C19H17ClN2O7. The number of carbonyl (C=O) groups is 2. The number of hydrogen-bond donors (Lipinski definition) is 1. The molecule has 9 nitrogen and oxygen atoms in total. The van der Waals surface area contributed by atoms with Gasteiger partial charge in [0, 0.05) is 33.8 Å². The zero-order chi connectivity index (χ0) is 21.0. The summed E-state index contributed by atoms with van der Waals surface area (Å²) in [7, 11) is 0. The molecule has 1 N–H and O–H groups in total. The van der Waals surface area contributed by atoms with Gasteiger partial charge < -0.3 is 19.5 Å². The van der Waals surface area contributed by atoms with Crippen LogP contribution >= 0.6 is 11.6 Å². The van der Waals surface area contributed by atoms with Crippen molar-refractivity contribution in [2.75, 3.05) is 6.79 Å². The minimum Gasteiger partial charge on any atom is -0.467 e. The quantitative estimate of drug-likeness (QED) is 0.433. The van der Waals surface area contributed by atoms with E-state index in [9.17, 15) is 19.7 Å². The number of hydrogen-bond acceptors (Lipinski definition) is 7. The summed E-state index contributed by atoms with van der Waals surface area (Å²) in [4.78, 5) is 34.7. The number of carbonyl (C=O) groups excluding carboxylic acids is 2. The lowest BCUT2D eigenvalue weighted by Gasteiger charge is -2.21. The maximum Gasteiger partial charge on any atom is 0.328 e. The van der Waals surface area contributed by atoms with Crippen LogP contribution in [-0.2, 0) is 27.5 Å². The number of esters is 1. The van der Waals surface area contributed by atoms with Crippen LogP contribution in [0.3, 0.4) is 0 Å². The summed E-state index contributed by atoms with van der Waals surface area (Å²) in [6.07, 6.45) is 0. The van der Waals surface area contributed by atoms with Crippen LogP contribution in [0.2, 0.25) is 5.02 Å². The van der Waals surface area contributed by atoms with Gasteiger partial charge in [-0.1, -0.05) is 17.7 Å². The van der Waals surface area contributed by atoms with Gasteiger partial charge in [-0.25, -0.2) is 4.79 Å². The zero-order valence-electron chi connectivity index (χ0n) is 15.3. The van der Waals surface area contributed by atoms with Crippen molar-refractivity contribution in [2.45, 2.75) is 26.2 Å². The highest BCUT2D eigenvalue weighted by molar-refractivity contribution is 6.30. The molecule has 1 heterocycles. The third kappa shape index (κ3) is 5.01. The fraction of sp³-hybridized carbons (Fsp3) is 0.263. The number of ether oxygens (including phenoxy) is 3. The Morgan fingerprint density at radius 3 is 2.90 bits per heavy atom. The second-order valence-corrected chi connectivity index (χ2v) is 6.71. The highest BCUT2D eigenvalue weighted by atomic mass is 35.5. The van der Waals surface area contributed by atoms with Crippen molar-refractivity contribution in [1.82, 2.24) is 5.32 Å². The molecule has 0 spiro atoms. The van der Waals surface area contributed by atoms with Crippen molar-refractivity contribution in [2.24, 2.45) is 0 Å². The third-order valence-electron chi connectivity index (χ3n) is 4.14. The minimum atomic E-state index is -0.971. The van der Waals surface area contributed by atoms with E-state index >= 15 is 0 Å². The maximum absolute atomic E-state index is 12.3. The van der Waals surface area contributed by atoms with E-state index < -0.39 is 22.8 Å². The number of halogens is 1. The molecule has 1 atom stereocenters. The molecule has 0 saturated carbocycles. The lowest BCUT2D eigenvalue weighted by atomic mass is 10.1. The Labute approximate surface area is 170 Å². The van der Waals surface area contributed by atoms with Gasteiger partial charge >= 0.3 is 5.97 Å². The molecule has 1 aliphatic heterocycles. The van der Waals surface area contributed by atoms with Gasteiger partial charge in [0.25, 0.3) is 11.6 Å². The van der Waals surface area contributed by atoms with Gasteiger partial charge in [-0.3, -0.25) is 14.9 Å². The fourth-order valence-electron chi connectivity index (χ4n) is 2.74. The van der Waals surface area contributed by atoms with Crippen molar-refractivity contribution in [3.8, 4) is 5.75 Å². The molecule has 0 aliphatic carbocycles. The monoisotopic (exact) mass is 420 g/mol. The number of nitrogens with one attached hydrogen (secondary N) is 1. The Bertz CT molecular complexity index is 964. The van der Waals surface area contributed by atoms with Crippen molar-refractivity contribution < 1.29 is 28.7 Å². The van der Waals surface area contributed by atoms with E-state index in [4.69, 9.17) is 25.8 Å². The number of rotatable bonds is 6. The molecule has 0 aromatic heterocycles. The van der Waals surface area contributed by atoms with Gasteiger partial charge in [-0.05, 0) is 25.1 Å². The summed E-state index contributed by atoms with van der Waals surface area (Å²) in [6.45, 7) is 1.78. The Balaban J connectivity index is 1.61. The number of nitro groups is 1. The van der Waals surface area contributed by atoms with Crippen LogP contribution < -0.4 is 10.1 Å². The van der Waals surface area contributed by atoms with Gasteiger partial charge in [0.1, 0.15) is 18.4 Å². The fourth-order valence-corrected chi connectivity index (χ4v) is 3.00. The normalized spacial score (nSPS) is 13.6. The van der Waals surface area contributed by atoms with Crippen LogP contribution in [0, 0.1) is 10.1 Å². The molecule has 3 rings (SSSR count). The summed E-state index contributed by atoms with van der Waals surface area (Å²) < 4.78 is 15.9. The lowest BCUT2D eigenvalue weighted by molar-refractivity contribution is -0.384. The van der Waals surface area contributed by atoms with E-state index in [1.54, 1.807) is 12.1 Å². The summed E-state index contributed by atoms with van der Waals surface area (Å²) in [5.41, 5.74) is 1.18. The molecule has 152 valence electrons. The molecule has 0 bridgehead atoms.